The van der Waals surface area contributed by atoms with Gasteiger partial charge in [-0.15, -0.1) is 0 Å². The van der Waals surface area contributed by atoms with Gasteiger partial charge in [-0.3, -0.25) is 0 Å². The standard InChI is InChI=1S/C48H37N3/c1-3-4-5-16-33-49(40-27-25-38(26-28-40)37-19-9-6-10-20-37)42-29-30-43-46(35-42)51(41-23-13-8-14-24-41)45-32-31-44-47(48(43)45)36(2)18-15-17-34-50(44)39-21-11-7-12-22-39/h3-35H,1-2H2/b5-4-,18-15-,33-16-,34-17-. The van der Waals surface area contributed by atoms with Gasteiger partial charge in [0, 0.05) is 51.5 Å². The molecule has 8 rings (SSSR count). The minimum atomic E-state index is 0.967. The van der Waals surface area contributed by atoms with E-state index in [1.54, 1.807) is 6.08 Å². The van der Waals surface area contributed by atoms with Gasteiger partial charge in [0.05, 0.1) is 16.7 Å². The average Bonchev–Trinajstić information content (AvgIpc) is 3.51. The maximum Gasteiger partial charge on any atom is 0.0562 e. The van der Waals surface area contributed by atoms with Crippen molar-refractivity contribution in [2.45, 2.75) is 0 Å². The van der Waals surface area contributed by atoms with Crippen LogP contribution in [0.2, 0.25) is 0 Å². The van der Waals surface area contributed by atoms with Crippen LogP contribution >= 0.6 is 0 Å². The number of anilines is 4. The van der Waals surface area contributed by atoms with Crippen LogP contribution < -0.4 is 9.80 Å². The van der Waals surface area contributed by atoms with Crippen molar-refractivity contribution >= 4 is 50.1 Å². The van der Waals surface area contributed by atoms with Crippen LogP contribution in [-0.4, -0.2) is 4.57 Å². The van der Waals surface area contributed by atoms with Gasteiger partial charge in [0.25, 0.3) is 0 Å². The summed E-state index contributed by atoms with van der Waals surface area (Å²) in [6.45, 7) is 8.44. The van der Waals surface area contributed by atoms with Crippen LogP contribution in [0.3, 0.4) is 0 Å². The number of nitrogens with zero attached hydrogens (tertiary/aromatic N) is 3. The zero-order valence-corrected chi connectivity index (χ0v) is 28.3. The highest BCUT2D eigenvalue weighted by Crippen LogP contribution is 2.45. The van der Waals surface area contributed by atoms with Crippen LogP contribution in [0, 0.1) is 0 Å². The highest BCUT2D eigenvalue weighted by Gasteiger charge is 2.23. The molecule has 0 aliphatic carbocycles. The van der Waals surface area contributed by atoms with Crippen LogP contribution in [0.25, 0.3) is 44.2 Å². The molecule has 6 aromatic carbocycles. The number of allylic oxidation sites excluding steroid dienone is 8. The molecule has 7 aromatic rings. The second-order valence-electron chi connectivity index (χ2n) is 12.4. The molecule has 244 valence electrons. The Morgan fingerprint density at radius 3 is 1.96 bits per heavy atom. The molecule has 3 heteroatoms. The van der Waals surface area contributed by atoms with Crippen LogP contribution in [0.15, 0.2) is 214 Å². The molecule has 0 bridgehead atoms. The fraction of sp³-hybridized carbons (Fsp3) is 0. The Morgan fingerprint density at radius 1 is 0.569 bits per heavy atom. The zero-order chi connectivity index (χ0) is 34.6. The Balaban J connectivity index is 1.36. The number of hydrogen-bond acceptors (Lipinski definition) is 2. The number of rotatable bonds is 8. The smallest absolute Gasteiger partial charge is 0.0562 e. The Labute approximate surface area is 299 Å². The first kappa shape index (κ1) is 31.4. The van der Waals surface area contributed by atoms with Gasteiger partial charge in [0.1, 0.15) is 0 Å². The average molecular weight is 656 g/mol. The summed E-state index contributed by atoms with van der Waals surface area (Å²) >= 11 is 0. The van der Waals surface area contributed by atoms with Crippen molar-refractivity contribution in [3.63, 3.8) is 0 Å². The molecule has 0 unspecified atom stereocenters. The summed E-state index contributed by atoms with van der Waals surface area (Å²) in [6.07, 6.45) is 18.3. The van der Waals surface area contributed by atoms with Crippen molar-refractivity contribution in [3.8, 4) is 16.8 Å². The first-order valence-corrected chi connectivity index (χ1v) is 17.2. The largest absolute Gasteiger partial charge is 0.317 e. The molecule has 3 nitrogen and oxygen atoms in total. The maximum atomic E-state index is 4.60. The van der Waals surface area contributed by atoms with Crippen molar-refractivity contribution in [1.29, 1.82) is 0 Å². The molecule has 2 heterocycles. The molecule has 51 heavy (non-hydrogen) atoms. The van der Waals surface area contributed by atoms with E-state index in [9.17, 15) is 0 Å². The number of aromatic nitrogens is 1. The molecule has 1 aliphatic heterocycles. The van der Waals surface area contributed by atoms with E-state index in [1.807, 2.05) is 18.2 Å². The molecule has 0 amide bonds. The van der Waals surface area contributed by atoms with Gasteiger partial charge in [0.2, 0.25) is 0 Å². The van der Waals surface area contributed by atoms with Gasteiger partial charge in [0.15, 0.2) is 0 Å². The van der Waals surface area contributed by atoms with E-state index in [1.165, 1.54) is 16.5 Å². The van der Waals surface area contributed by atoms with Gasteiger partial charge >= 0.3 is 0 Å². The van der Waals surface area contributed by atoms with Gasteiger partial charge in [-0.05, 0) is 89.5 Å². The molecule has 0 atom stereocenters. The van der Waals surface area contributed by atoms with E-state index >= 15 is 0 Å². The Morgan fingerprint density at radius 2 is 1.24 bits per heavy atom. The van der Waals surface area contributed by atoms with Crippen molar-refractivity contribution < 1.29 is 0 Å². The predicted molar refractivity (Wildman–Crippen MR) is 219 cm³/mol. The number of para-hydroxylation sites is 2. The third-order valence-electron chi connectivity index (χ3n) is 9.29. The summed E-state index contributed by atoms with van der Waals surface area (Å²) in [4.78, 5) is 4.49. The van der Waals surface area contributed by atoms with E-state index in [4.69, 9.17) is 0 Å². The van der Waals surface area contributed by atoms with Gasteiger partial charge in [-0.1, -0.05) is 128 Å². The molecule has 0 saturated carbocycles. The first-order chi connectivity index (χ1) is 25.2. The Hall–Kier alpha value is -6.84. The third kappa shape index (κ3) is 6.03. The fourth-order valence-corrected chi connectivity index (χ4v) is 6.95. The quantitative estimate of drug-likeness (QED) is 0.151. The summed E-state index contributed by atoms with van der Waals surface area (Å²) in [7, 11) is 0. The summed E-state index contributed by atoms with van der Waals surface area (Å²) in [5.74, 6) is 0. The van der Waals surface area contributed by atoms with Crippen LogP contribution in [-0.2, 0) is 0 Å². The molecule has 0 spiro atoms. The highest BCUT2D eigenvalue weighted by molar-refractivity contribution is 6.17. The molecule has 1 aromatic heterocycles. The molecule has 1 aliphatic rings. The lowest BCUT2D eigenvalue weighted by Crippen LogP contribution is -2.11. The van der Waals surface area contributed by atoms with Crippen molar-refractivity contribution in [2.24, 2.45) is 0 Å². The molecular weight excluding hydrogens is 619 g/mol. The van der Waals surface area contributed by atoms with E-state index in [-0.39, 0.29) is 0 Å². The summed E-state index contributed by atoms with van der Waals surface area (Å²) < 4.78 is 2.38. The summed E-state index contributed by atoms with van der Waals surface area (Å²) in [5, 5.41) is 2.34. The monoisotopic (exact) mass is 655 g/mol. The molecule has 0 saturated heterocycles. The normalized spacial score (nSPS) is 14.1. The molecule has 0 fully saturated rings. The van der Waals surface area contributed by atoms with Crippen molar-refractivity contribution in [1.82, 2.24) is 4.57 Å². The summed E-state index contributed by atoms with van der Waals surface area (Å²) in [5.41, 5.74) is 12.1. The van der Waals surface area contributed by atoms with Crippen LogP contribution in [0.5, 0.6) is 0 Å². The van der Waals surface area contributed by atoms with Crippen molar-refractivity contribution in [3.05, 3.63) is 219 Å². The second-order valence-corrected chi connectivity index (χ2v) is 12.4. The topological polar surface area (TPSA) is 11.4 Å². The molecular formula is C48H37N3. The Bertz CT molecular complexity index is 2480. The number of fused-ring (bicyclic) bond motifs is 5. The van der Waals surface area contributed by atoms with E-state index in [0.29, 0.717) is 0 Å². The van der Waals surface area contributed by atoms with Gasteiger partial charge in [-0.25, -0.2) is 0 Å². The first-order valence-electron chi connectivity index (χ1n) is 17.2. The predicted octanol–water partition coefficient (Wildman–Crippen LogP) is 13.1. The summed E-state index contributed by atoms with van der Waals surface area (Å²) in [6, 6.07) is 51.6. The number of benzene rings is 6. The zero-order valence-electron chi connectivity index (χ0n) is 28.3. The minimum absolute atomic E-state index is 0.967. The lowest BCUT2D eigenvalue weighted by atomic mass is 9.96. The van der Waals surface area contributed by atoms with E-state index in [0.717, 1.165) is 56.0 Å². The second kappa shape index (κ2) is 13.9. The maximum absolute atomic E-state index is 4.60. The fourth-order valence-electron chi connectivity index (χ4n) is 6.95. The van der Waals surface area contributed by atoms with Crippen LogP contribution in [0.4, 0.5) is 22.7 Å². The Kier molecular flexibility index (Phi) is 8.60. The van der Waals surface area contributed by atoms with Crippen molar-refractivity contribution in [2.75, 3.05) is 9.80 Å². The van der Waals surface area contributed by atoms with Gasteiger partial charge in [-0.2, -0.15) is 0 Å². The highest BCUT2D eigenvalue weighted by atomic mass is 15.1. The molecule has 0 N–H and O–H groups in total. The lowest BCUT2D eigenvalue weighted by molar-refractivity contribution is 1.17. The van der Waals surface area contributed by atoms with Crippen LogP contribution in [0.1, 0.15) is 5.56 Å². The number of hydrogen-bond donors (Lipinski definition) is 0. The van der Waals surface area contributed by atoms with Gasteiger partial charge < -0.3 is 14.4 Å². The lowest BCUT2D eigenvalue weighted by Gasteiger charge is -2.26. The molecule has 0 radical (unpaired) electrons. The van der Waals surface area contributed by atoms with E-state index < -0.39 is 0 Å². The van der Waals surface area contributed by atoms with E-state index in [2.05, 4.69) is 204 Å². The minimum Gasteiger partial charge on any atom is -0.317 e. The SMILES string of the molecule is C=C/C=C\C=C/N(c1ccc(-c2ccccc2)cc1)c1ccc2c3c4c(ccc3n(-c3ccccc3)c2c1)N(c1ccccc1)/C=C\C=C/C4=C. The third-order valence-corrected chi connectivity index (χ3v) is 9.29.